The molecular formula is C15H14ClF6N3O3. The first kappa shape index (κ1) is 22.1. The van der Waals surface area contributed by atoms with Crippen LogP contribution in [0.5, 0.6) is 0 Å². The Kier molecular flexibility index (Phi) is 6.31. The number of nitro groups is 1. The number of hydrogen-bond donors (Lipinski definition) is 1. The number of nitrogens with one attached hydrogen (secondary N) is 1. The fourth-order valence-corrected chi connectivity index (χ4v) is 3.12. The molecule has 0 aromatic heterocycles. The number of benzene rings is 1. The lowest BCUT2D eigenvalue weighted by Gasteiger charge is -2.32. The number of hydrogen-bond acceptors (Lipinski definition) is 4. The van der Waals surface area contributed by atoms with Crippen LogP contribution in [0.15, 0.2) is 12.1 Å². The third-order valence-electron chi connectivity index (χ3n) is 4.31. The second kappa shape index (κ2) is 8.02. The standard InChI is InChI=1S/C15H14ClF6N3O3/c16-10-6-11(12(25(27)28)5-9(10)14(17,18)19)23-7-8-1-3-24(4-2-8)13(26)15(20,21)22/h5-6,8,23H,1-4,7H2. The number of nitrogens with zero attached hydrogens (tertiary/aromatic N) is 2. The zero-order valence-electron chi connectivity index (χ0n) is 14.0. The number of carbonyl (C=O) groups is 1. The van der Waals surface area contributed by atoms with E-state index in [4.69, 9.17) is 11.6 Å². The van der Waals surface area contributed by atoms with Crippen molar-refractivity contribution in [3.63, 3.8) is 0 Å². The van der Waals surface area contributed by atoms with Crippen LogP contribution in [0.3, 0.4) is 0 Å². The highest BCUT2D eigenvalue weighted by Gasteiger charge is 2.43. The Labute approximate surface area is 159 Å². The molecule has 0 saturated carbocycles. The van der Waals surface area contributed by atoms with Crippen molar-refractivity contribution < 1.29 is 36.1 Å². The Morgan fingerprint density at radius 2 is 1.79 bits per heavy atom. The number of carbonyl (C=O) groups excluding carboxylic acids is 1. The molecule has 156 valence electrons. The van der Waals surface area contributed by atoms with E-state index in [-0.39, 0.29) is 44.1 Å². The summed E-state index contributed by atoms with van der Waals surface area (Å²) in [4.78, 5) is 21.9. The third-order valence-corrected chi connectivity index (χ3v) is 4.63. The highest BCUT2D eigenvalue weighted by Crippen LogP contribution is 2.40. The van der Waals surface area contributed by atoms with Gasteiger partial charge in [-0.05, 0) is 24.8 Å². The van der Waals surface area contributed by atoms with Gasteiger partial charge in [-0.3, -0.25) is 14.9 Å². The van der Waals surface area contributed by atoms with Crippen molar-refractivity contribution in [2.24, 2.45) is 5.92 Å². The maximum atomic E-state index is 12.8. The van der Waals surface area contributed by atoms with Gasteiger partial charge in [0.15, 0.2) is 0 Å². The Morgan fingerprint density at radius 1 is 1.21 bits per heavy atom. The smallest absolute Gasteiger partial charge is 0.379 e. The van der Waals surface area contributed by atoms with Gasteiger partial charge in [0.25, 0.3) is 5.69 Å². The predicted molar refractivity (Wildman–Crippen MR) is 87.0 cm³/mol. The quantitative estimate of drug-likeness (QED) is 0.431. The molecule has 1 aliphatic rings. The molecule has 1 amide bonds. The second-order valence-corrected chi connectivity index (χ2v) is 6.63. The summed E-state index contributed by atoms with van der Waals surface area (Å²) in [7, 11) is 0. The molecule has 2 rings (SSSR count). The van der Waals surface area contributed by atoms with Gasteiger partial charge in [0.05, 0.1) is 15.5 Å². The van der Waals surface area contributed by atoms with Crippen molar-refractivity contribution in [3.8, 4) is 0 Å². The van der Waals surface area contributed by atoms with Gasteiger partial charge in [-0.2, -0.15) is 26.3 Å². The number of halogens is 7. The van der Waals surface area contributed by atoms with Gasteiger partial charge in [-0.15, -0.1) is 0 Å². The van der Waals surface area contributed by atoms with E-state index in [1.165, 1.54) is 0 Å². The van der Waals surface area contributed by atoms with Crippen molar-refractivity contribution in [2.75, 3.05) is 25.0 Å². The summed E-state index contributed by atoms with van der Waals surface area (Å²) >= 11 is 5.58. The van der Waals surface area contributed by atoms with Gasteiger partial charge in [0.1, 0.15) is 5.69 Å². The maximum absolute atomic E-state index is 12.8. The predicted octanol–water partition coefficient (Wildman–Crippen LogP) is 4.48. The lowest BCUT2D eigenvalue weighted by atomic mass is 9.96. The van der Waals surface area contributed by atoms with Crippen LogP contribution in [0.2, 0.25) is 5.02 Å². The molecule has 0 aliphatic carbocycles. The monoisotopic (exact) mass is 433 g/mol. The summed E-state index contributed by atoms with van der Waals surface area (Å²) < 4.78 is 75.8. The first-order valence-corrected chi connectivity index (χ1v) is 8.33. The van der Waals surface area contributed by atoms with E-state index in [2.05, 4.69) is 5.32 Å². The van der Waals surface area contributed by atoms with Gasteiger partial charge in [0.2, 0.25) is 0 Å². The normalized spacial score (nSPS) is 16.2. The van der Waals surface area contributed by atoms with Crippen LogP contribution in [0.4, 0.5) is 37.7 Å². The van der Waals surface area contributed by atoms with E-state index < -0.39 is 39.5 Å². The first-order chi connectivity index (χ1) is 12.8. The molecule has 0 bridgehead atoms. The molecule has 0 unspecified atom stereocenters. The van der Waals surface area contributed by atoms with Gasteiger partial charge in [0, 0.05) is 25.7 Å². The Bertz CT molecular complexity index is 761. The molecule has 1 aliphatic heterocycles. The highest BCUT2D eigenvalue weighted by molar-refractivity contribution is 6.31. The summed E-state index contributed by atoms with van der Waals surface area (Å²) in [5.41, 5.74) is -2.39. The van der Waals surface area contributed by atoms with E-state index in [1.807, 2.05) is 0 Å². The number of amides is 1. The molecule has 0 radical (unpaired) electrons. The molecule has 0 spiro atoms. The minimum absolute atomic E-state index is 0.0661. The Balaban J connectivity index is 2.05. The summed E-state index contributed by atoms with van der Waals surface area (Å²) in [6, 6.07) is 1.13. The average molecular weight is 434 g/mol. The summed E-state index contributed by atoms with van der Waals surface area (Å²) in [5, 5.41) is 13.0. The van der Waals surface area contributed by atoms with Crippen LogP contribution in [0, 0.1) is 16.0 Å². The molecule has 6 nitrogen and oxygen atoms in total. The zero-order valence-corrected chi connectivity index (χ0v) is 14.8. The van der Waals surface area contributed by atoms with Crippen LogP contribution in [0.25, 0.3) is 0 Å². The van der Waals surface area contributed by atoms with Gasteiger partial charge in [-0.25, -0.2) is 0 Å². The lowest BCUT2D eigenvalue weighted by molar-refractivity contribution is -0.384. The molecule has 0 atom stereocenters. The second-order valence-electron chi connectivity index (χ2n) is 6.22. The molecule has 1 saturated heterocycles. The van der Waals surface area contributed by atoms with Crippen molar-refractivity contribution in [1.82, 2.24) is 4.90 Å². The minimum Gasteiger partial charge on any atom is -0.379 e. The summed E-state index contributed by atoms with van der Waals surface area (Å²) in [5.74, 6) is -2.15. The summed E-state index contributed by atoms with van der Waals surface area (Å²) in [6.07, 6.45) is -9.41. The van der Waals surface area contributed by atoms with Crippen molar-refractivity contribution >= 4 is 28.9 Å². The molecule has 1 N–H and O–H groups in total. The third kappa shape index (κ3) is 5.18. The maximum Gasteiger partial charge on any atom is 0.471 e. The molecular weight excluding hydrogens is 420 g/mol. The highest BCUT2D eigenvalue weighted by atomic mass is 35.5. The summed E-state index contributed by atoms with van der Waals surface area (Å²) in [6.45, 7) is -0.211. The SMILES string of the molecule is O=C(N1CCC(CNc2cc(Cl)c(C(F)(F)F)cc2[N+](=O)[O-])CC1)C(F)(F)F. The molecule has 1 aromatic carbocycles. The molecule has 1 aromatic rings. The number of anilines is 1. The van der Waals surface area contributed by atoms with Gasteiger partial charge >= 0.3 is 18.3 Å². The molecule has 1 fully saturated rings. The van der Waals surface area contributed by atoms with Crippen LogP contribution in [-0.4, -0.2) is 41.5 Å². The average Bonchev–Trinajstić information content (AvgIpc) is 2.57. The molecule has 1 heterocycles. The Hall–Kier alpha value is -2.24. The lowest BCUT2D eigenvalue weighted by Crippen LogP contribution is -2.46. The van der Waals surface area contributed by atoms with E-state index in [9.17, 15) is 41.3 Å². The Morgan fingerprint density at radius 3 is 2.25 bits per heavy atom. The first-order valence-electron chi connectivity index (χ1n) is 7.95. The minimum atomic E-state index is -4.96. The van der Waals surface area contributed by atoms with Crippen LogP contribution in [-0.2, 0) is 11.0 Å². The van der Waals surface area contributed by atoms with Gasteiger partial charge < -0.3 is 10.2 Å². The van der Waals surface area contributed by atoms with E-state index >= 15 is 0 Å². The van der Waals surface area contributed by atoms with Crippen molar-refractivity contribution in [3.05, 3.63) is 32.8 Å². The van der Waals surface area contributed by atoms with E-state index in [1.54, 1.807) is 0 Å². The number of nitro benzene ring substituents is 1. The number of alkyl halides is 6. The van der Waals surface area contributed by atoms with Gasteiger partial charge in [-0.1, -0.05) is 11.6 Å². The zero-order chi connectivity index (χ0) is 21.3. The molecule has 13 heteroatoms. The van der Waals surface area contributed by atoms with Crippen LogP contribution < -0.4 is 5.32 Å². The van der Waals surface area contributed by atoms with E-state index in [0.717, 1.165) is 6.07 Å². The van der Waals surface area contributed by atoms with Crippen LogP contribution in [0.1, 0.15) is 18.4 Å². The number of piperidine rings is 1. The largest absolute Gasteiger partial charge is 0.471 e. The van der Waals surface area contributed by atoms with E-state index in [0.29, 0.717) is 11.0 Å². The fraction of sp³-hybridized carbons (Fsp3) is 0.533. The molecule has 28 heavy (non-hydrogen) atoms. The van der Waals surface area contributed by atoms with Crippen LogP contribution >= 0.6 is 11.6 Å². The fourth-order valence-electron chi connectivity index (χ4n) is 2.85. The van der Waals surface area contributed by atoms with Crippen molar-refractivity contribution in [2.45, 2.75) is 25.2 Å². The topological polar surface area (TPSA) is 75.5 Å². The number of likely N-dealkylation sites (tertiary alicyclic amines) is 1. The number of rotatable bonds is 4. The van der Waals surface area contributed by atoms with Crippen molar-refractivity contribution in [1.29, 1.82) is 0 Å².